The first-order chi connectivity index (χ1) is 19.1. The molecular formula is C33H44N2O5. The largest absolute Gasteiger partial charge is 0.481 e. The number of fused-ring (bicyclic) bond motifs is 5. The van der Waals surface area contributed by atoms with Crippen LogP contribution in [0.15, 0.2) is 47.1 Å². The summed E-state index contributed by atoms with van der Waals surface area (Å²) in [5, 5.41) is 16.4. The van der Waals surface area contributed by atoms with Gasteiger partial charge in [-0.15, -0.1) is 0 Å². The molecule has 0 aromatic heterocycles. The first-order valence-electron chi connectivity index (χ1n) is 15.1. The zero-order chi connectivity index (χ0) is 28.5. The zero-order valence-electron chi connectivity index (χ0n) is 24.2. The molecule has 1 amide bonds. The number of carbonyl (C=O) groups excluding carboxylic acids is 2. The average Bonchev–Trinajstić information content (AvgIpc) is 3.29. The topological polar surface area (TPSA) is 105 Å². The molecule has 3 saturated carbocycles. The molecule has 2 N–H and O–H groups in total. The van der Waals surface area contributed by atoms with Crippen molar-refractivity contribution in [3.8, 4) is 0 Å². The van der Waals surface area contributed by atoms with Gasteiger partial charge in [0.15, 0.2) is 6.61 Å². The molecule has 7 heteroatoms. The number of carboxylic acid groups (broad SMARTS) is 1. The molecule has 0 spiro atoms. The van der Waals surface area contributed by atoms with E-state index >= 15 is 0 Å². The van der Waals surface area contributed by atoms with Crippen molar-refractivity contribution in [1.29, 1.82) is 0 Å². The predicted molar refractivity (Wildman–Crippen MR) is 154 cm³/mol. The van der Waals surface area contributed by atoms with Crippen molar-refractivity contribution < 1.29 is 24.3 Å². The minimum atomic E-state index is -0.900. The van der Waals surface area contributed by atoms with Gasteiger partial charge in [-0.1, -0.05) is 54.9 Å². The summed E-state index contributed by atoms with van der Waals surface area (Å²) < 4.78 is 0. The second kappa shape index (κ2) is 11.5. The van der Waals surface area contributed by atoms with Gasteiger partial charge in [-0.3, -0.25) is 14.4 Å². The van der Waals surface area contributed by atoms with E-state index in [1.54, 1.807) is 6.92 Å². The van der Waals surface area contributed by atoms with Crippen molar-refractivity contribution in [1.82, 2.24) is 5.32 Å². The van der Waals surface area contributed by atoms with Gasteiger partial charge in [0.25, 0.3) is 5.91 Å². The van der Waals surface area contributed by atoms with Crippen LogP contribution in [0, 0.1) is 34.5 Å². The minimum absolute atomic E-state index is 0.0566. The van der Waals surface area contributed by atoms with Crippen molar-refractivity contribution in [2.45, 2.75) is 84.5 Å². The lowest BCUT2D eigenvalue weighted by Gasteiger charge is -2.58. The minimum Gasteiger partial charge on any atom is -0.481 e. The van der Waals surface area contributed by atoms with Crippen molar-refractivity contribution in [3.63, 3.8) is 0 Å². The highest BCUT2D eigenvalue weighted by Crippen LogP contribution is 2.66. The molecule has 7 atom stereocenters. The van der Waals surface area contributed by atoms with E-state index in [0.29, 0.717) is 23.5 Å². The molecule has 0 radical (unpaired) electrons. The number of benzene rings is 1. The molecule has 216 valence electrons. The number of allylic oxidation sites excluding steroid dienone is 2. The van der Waals surface area contributed by atoms with Crippen LogP contribution in [0.4, 0.5) is 0 Å². The monoisotopic (exact) mass is 548 g/mol. The zero-order valence-corrected chi connectivity index (χ0v) is 24.2. The number of nitrogens with one attached hydrogen (secondary N) is 1. The summed E-state index contributed by atoms with van der Waals surface area (Å²) in [6.45, 7) is 6.67. The second-order valence-corrected chi connectivity index (χ2v) is 13.2. The molecule has 0 bridgehead atoms. The Hall–Kier alpha value is -2.96. The van der Waals surface area contributed by atoms with E-state index in [-0.39, 0.29) is 48.1 Å². The summed E-state index contributed by atoms with van der Waals surface area (Å²) in [6.07, 6.45) is 10.9. The second-order valence-electron chi connectivity index (χ2n) is 13.2. The van der Waals surface area contributed by atoms with E-state index in [2.05, 4.69) is 30.4 Å². The maximum atomic E-state index is 12.4. The SMILES string of the molecule is CC(=O)[C@@H]1CC[C@@H]2[C@@H]3CCC4=C/C(=N\OCC(=O)NC[C@@H](CC(=O)O)c5ccccc5)CC[C@]4(C)[C@H]3CC[C@@]21C. The number of hydrogen-bond acceptors (Lipinski definition) is 5. The Labute approximate surface area is 237 Å². The van der Waals surface area contributed by atoms with Gasteiger partial charge in [-0.05, 0) is 98.5 Å². The van der Waals surface area contributed by atoms with Gasteiger partial charge >= 0.3 is 5.97 Å². The fourth-order valence-corrected chi connectivity index (χ4v) is 9.02. The number of nitrogens with zero attached hydrogens (tertiary/aromatic N) is 1. The Balaban J connectivity index is 1.17. The highest BCUT2D eigenvalue weighted by molar-refractivity contribution is 5.96. The number of carboxylic acids is 1. The Morgan fingerprint density at radius 3 is 2.55 bits per heavy atom. The smallest absolute Gasteiger partial charge is 0.304 e. The van der Waals surface area contributed by atoms with Gasteiger partial charge in [-0.25, -0.2) is 0 Å². The third-order valence-electron chi connectivity index (χ3n) is 11.1. The summed E-state index contributed by atoms with van der Waals surface area (Å²) in [7, 11) is 0. The van der Waals surface area contributed by atoms with Gasteiger partial charge in [0, 0.05) is 18.4 Å². The molecule has 40 heavy (non-hydrogen) atoms. The lowest BCUT2D eigenvalue weighted by Crippen LogP contribution is -2.51. The molecule has 1 aromatic rings. The van der Waals surface area contributed by atoms with Crippen LogP contribution >= 0.6 is 0 Å². The lowest BCUT2D eigenvalue weighted by atomic mass is 9.46. The van der Waals surface area contributed by atoms with Gasteiger partial charge < -0.3 is 15.3 Å². The Morgan fingerprint density at radius 2 is 1.82 bits per heavy atom. The van der Waals surface area contributed by atoms with E-state index in [1.165, 1.54) is 24.8 Å². The maximum Gasteiger partial charge on any atom is 0.304 e. The summed E-state index contributed by atoms with van der Waals surface area (Å²) in [6, 6.07) is 9.37. The van der Waals surface area contributed by atoms with Crippen molar-refractivity contribution in [2.24, 2.45) is 39.7 Å². The highest BCUT2D eigenvalue weighted by Gasteiger charge is 2.59. The molecule has 3 fully saturated rings. The van der Waals surface area contributed by atoms with Crippen molar-refractivity contribution in [2.75, 3.05) is 13.2 Å². The van der Waals surface area contributed by atoms with Gasteiger partial charge in [0.05, 0.1) is 12.1 Å². The van der Waals surface area contributed by atoms with E-state index in [1.807, 2.05) is 30.3 Å². The molecular weight excluding hydrogens is 504 g/mol. The molecule has 5 rings (SSSR count). The number of amides is 1. The lowest BCUT2D eigenvalue weighted by molar-refractivity contribution is -0.137. The predicted octanol–water partition coefficient (Wildman–Crippen LogP) is 5.90. The first kappa shape index (κ1) is 28.6. The third kappa shape index (κ3) is 5.48. The van der Waals surface area contributed by atoms with Crippen LogP contribution in [0.1, 0.15) is 90.0 Å². The number of hydrogen-bond donors (Lipinski definition) is 2. The van der Waals surface area contributed by atoms with E-state index < -0.39 is 5.97 Å². The number of rotatable bonds is 9. The van der Waals surface area contributed by atoms with E-state index in [0.717, 1.165) is 43.4 Å². The van der Waals surface area contributed by atoms with Crippen LogP contribution in [-0.4, -0.2) is 41.6 Å². The number of carbonyl (C=O) groups is 3. The van der Waals surface area contributed by atoms with Gasteiger partial charge in [-0.2, -0.15) is 0 Å². The summed E-state index contributed by atoms with van der Waals surface area (Å²) in [4.78, 5) is 41.6. The summed E-state index contributed by atoms with van der Waals surface area (Å²) in [5.74, 6) is 1.13. The van der Waals surface area contributed by atoms with E-state index in [9.17, 15) is 19.5 Å². The third-order valence-corrected chi connectivity index (χ3v) is 11.1. The summed E-state index contributed by atoms with van der Waals surface area (Å²) in [5.41, 5.74) is 3.59. The quantitative estimate of drug-likeness (QED) is 0.374. The fourth-order valence-electron chi connectivity index (χ4n) is 9.02. The molecule has 0 heterocycles. The number of Topliss-reactive ketones (excluding diaryl/α,β-unsaturated/α-hetero) is 1. The number of oxime groups is 1. The van der Waals surface area contributed by atoms with Gasteiger partial charge in [0.1, 0.15) is 5.78 Å². The highest BCUT2D eigenvalue weighted by atomic mass is 16.6. The van der Waals surface area contributed by atoms with Crippen molar-refractivity contribution >= 4 is 23.4 Å². The molecule has 1 aromatic carbocycles. The molecule has 7 nitrogen and oxygen atoms in total. The normalized spacial score (nSPS) is 34.6. The molecule has 0 saturated heterocycles. The standard InChI is InChI=1S/C33H44N2O5/c1-21(36)27-11-12-28-26-10-9-24-18-25(13-15-32(24,2)29(26)14-16-33(27,28)3)35-40-20-30(37)34-19-23(17-31(38)39)22-7-5-4-6-8-22/h4-8,18,23,26-29H,9-17,19-20H2,1-3H3,(H,34,37)(H,38,39)/b35-25-/t23-,26+,27+,28-,29+,32+,33-/m1/s1. The molecule has 4 aliphatic carbocycles. The Kier molecular flexibility index (Phi) is 8.21. The van der Waals surface area contributed by atoms with Crippen LogP contribution in [0.25, 0.3) is 0 Å². The maximum absolute atomic E-state index is 12.4. The fraction of sp³-hybridized carbons (Fsp3) is 0.636. The van der Waals surface area contributed by atoms with Crippen LogP contribution < -0.4 is 5.32 Å². The first-order valence-corrected chi connectivity index (χ1v) is 15.1. The average molecular weight is 549 g/mol. The van der Waals surface area contributed by atoms with Crippen molar-refractivity contribution in [3.05, 3.63) is 47.5 Å². The van der Waals surface area contributed by atoms with E-state index in [4.69, 9.17) is 4.84 Å². The molecule has 0 aliphatic heterocycles. The van der Waals surface area contributed by atoms with Crippen LogP contribution in [0.5, 0.6) is 0 Å². The van der Waals surface area contributed by atoms with Crippen LogP contribution in [-0.2, 0) is 19.2 Å². The molecule has 4 aliphatic rings. The number of aliphatic carboxylic acids is 1. The van der Waals surface area contributed by atoms with Crippen LogP contribution in [0.2, 0.25) is 0 Å². The molecule has 0 unspecified atom stereocenters. The Bertz CT molecular complexity index is 1190. The Morgan fingerprint density at radius 1 is 1.05 bits per heavy atom. The van der Waals surface area contributed by atoms with Gasteiger partial charge in [0.2, 0.25) is 0 Å². The van der Waals surface area contributed by atoms with Crippen LogP contribution in [0.3, 0.4) is 0 Å². The number of ketones is 1. The summed E-state index contributed by atoms with van der Waals surface area (Å²) >= 11 is 0.